The topological polar surface area (TPSA) is 87.0 Å². The van der Waals surface area contributed by atoms with Crippen molar-refractivity contribution in [3.8, 4) is 18.3 Å². The number of allylic oxidation sites excluding steroid dienone is 5. The third kappa shape index (κ3) is 4.15. The first-order chi connectivity index (χ1) is 17.4. The third-order valence-electron chi connectivity index (χ3n) is 4.72. The van der Waals surface area contributed by atoms with E-state index < -0.39 is 97.0 Å². The van der Waals surface area contributed by atoms with E-state index in [4.69, 9.17) is 15.8 Å². The van der Waals surface area contributed by atoms with Gasteiger partial charge in [0.1, 0.15) is 29.1 Å². The number of hydrogen-bond donors (Lipinski definition) is 0. The number of halogens is 10. The van der Waals surface area contributed by atoms with Gasteiger partial charge in [-0.1, -0.05) is 6.08 Å². The maximum absolute atomic E-state index is 14.8. The Morgan fingerprint density at radius 3 is 1.32 bits per heavy atom. The molecule has 0 saturated carbocycles. The highest BCUT2D eigenvalue weighted by Crippen LogP contribution is 2.43. The van der Waals surface area contributed by atoms with Crippen LogP contribution in [0.2, 0.25) is 0 Å². The fraction of sp³-hybridized carbons (Fsp3) is 0. The zero-order chi connectivity index (χ0) is 27.8. The van der Waals surface area contributed by atoms with Crippen molar-refractivity contribution >= 4 is 17.1 Å². The Hall–Kier alpha value is -5.10. The van der Waals surface area contributed by atoms with Crippen LogP contribution in [0.5, 0.6) is 0 Å². The lowest BCUT2D eigenvalue weighted by molar-refractivity contribution is 0.374. The molecule has 2 aromatic rings. The molecule has 0 N–H and O–H groups in total. The van der Waals surface area contributed by atoms with Gasteiger partial charge in [0.2, 0.25) is 17.8 Å². The lowest BCUT2D eigenvalue weighted by Crippen LogP contribution is -2.29. The van der Waals surface area contributed by atoms with Crippen molar-refractivity contribution in [2.45, 2.75) is 0 Å². The Kier molecular flexibility index (Phi) is 7.07. The Morgan fingerprint density at radius 2 is 0.973 bits per heavy atom. The molecule has 37 heavy (non-hydrogen) atoms. The number of nitrogens with zero attached hydrogens (tertiary/aromatic N) is 5. The van der Waals surface area contributed by atoms with Crippen molar-refractivity contribution < 1.29 is 43.9 Å². The van der Waals surface area contributed by atoms with E-state index in [1.165, 1.54) is 12.1 Å². The average Bonchev–Trinajstić information content (AvgIpc) is 2.89. The molecule has 0 amide bonds. The quantitative estimate of drug-likeness (QED) is 0.163. The minimum atomic E-state index is -2.75. The van der Waals surface area contributed by atoms with Crippen LogP contribution in [0.4, 0.5) is 55.3 Å². The number of rotatable bonds is 3. The fourth-order valence-electron chi connectivity index (χ4n) is 3.09. The molecule has 2 aromatic carbocycles. The molecule has 0 fully saturated rings. The second-order valence-corrected chi connectivity index (χ2v) is 6.69. The van der Waals surface area contributed by atoms with Crippen LogP contribution in [0.25, 0.3) is 0 Å². The summed E-state index contributed by atoms with van der Waals surface area (Å²) in [7, 11) is 0. The van der Waals surface area contributed by atoms with Crippen LogP contribution in [0.3, 0.4) is 0 Å². The molecule has 0 saturated heterocycles. The van der Waals surface area contributed by atoms with Gasteiger partial charge in [0, 0.05) is 5.57 Å². The van der Waals surface area contributed by atoms with Crippen LogP contribution in [-0.2, 0) is 0 Å². The fourth-order valence-corrected chi connectivity index (χ4v) is 3.09. The Labute approximate surface area is 199 Å². The van der Waals surface area contributed by atoms with Crippen LogP contribution < -0.4 is 4.90 Å². The van der Waals surface area contributed by atoms with E-state index >= 15 is 0 Å². The SMILES string of the molecule is N#CN=C1C=CC(=C(C#N)C#N)C=C1N(c1c(F)c(F)c(F)c(F)c1F)c1c(F)c(F)c(F)c(F)c1F. The molecule has 0 bridgehead atoms. The van der Waals surface area contributed by atoms with Gasteiger partial charge in [-0.25, -0.2) is 43.9 Å². The van der Waals surface area contributed by atoms with Crippen molar-refractivity contribution in [3.63, 3.8) is 0 Å². The minimum Gasteiger partial charge on any atom is -0.297 e. The molecule has 1 aliphatic carbocycles. The van der Waals surface area contributed by atoms with Crippen molar-refractivity contribution in [1.29, 1.82) is 15.8 Å². The van der Waals surface area contributed by atoms with Gasteiger partial charge in [-0.2, -0.15) is 20.8 Å². The van der Waals surface area contributed by atoms with E-state index in [0.717, 1.165) is 12.3 Å². The van der Waals surface area contributed by atoms with Gasteiger partial charge in [0.05, 0.1) is 11.4 Å². The molecule has 0 aliphatic heterocycles. The predicted octanol–water partition coefficient (Wildman–Crippen LogP) is 5.94. The van der Waals surface area contributed by atoms with Gasteiger partial charge in [0.15, 0.2) is 46.5 Å². The molecule has 0 radical (unpaired) electrons. The standard InChI is InChI=1S/C22H3F10N5/c23-11-13(25)17(29)21(18(30)14(11)26)37(22-19(31)15(27)12(24)16(28)20(22)32)10-3-7(8(4-33)5-34)1-2-9(10)36-6-35/h1-3H. The molecule has 186 valence electrons. The van der Waals surface area contributed by atoms with Gasteiger partial charge in [-0.05, 0) is 12.2 Å². The average molecular weight is 527 g/mol. The first-order valence-corrected chi connectivity index (χ1v) is 9.17. The van der Waals surface area contributed by atoms with E-state index in [-0.39, 0.29) is 0 Å². The highest BCUT2D eigenvalue weighted by molar-refractivity contribution is 6.14. The smallest absolute Gasteiger partial charge is 0.206 e. The number of benzene rings is 2. The third-order valence-corrected chi connectivity index (χ3v) is 4.72. The number of aliphatic imine (C=N–C) groups is 1. The molecule has 3 rings (SSSR count). The van der Waals surface area contributed by atoms with Gasteiger partial charge in [0.25, 0.3) is 0 Å². The summed E-state index contributed by atoms with van der Waals surface area (Å²) in [6.45, 7) is 0. The summed E-state index contributed by atoms with van der Waals surface area (Å²) < 4.78 is 143. The lowest BCUT2D eigenvalue weighted by atomic mass is 9.98. The first kappa shape index (κ1) is 26.5. The van der Waals surface area contributed by atoms with Crippen molar-refractivity contribution in [3.05, 3.63) is 93.2 Å². The summed E-state index contributed by atoms with van der Waals surface area (Å²) in [5.41, 5.74) is -7.85. The van der Waals surface area contributed by atoms with Crippen LogP contribution in [0, 0.1) is 92.3 Å². The predicted molar refractivity (Wildman–Crippen MR) is 103 cm³/mol. The molecule has 1 aliphatic rings. The summed E-state index contributed by atoms with van der Waals surface area (Å²) in [4.78, 5) is 2.55. The Morgan fingerprint density at radius 1 is 0.595 bits per heavy atom. The zero-order valence-corrected chi connectivity index (χ0v) is 17.2. The first-order valence-electron chi connectivity index (χ1n) is 9.17. The van der Waals surface area contributed by atoms with Crippen molar-refractivity contribution in [2.24, 2.45) is 4.99 Å². The van der Waals surface area contributed by atoms with Crippen LogP contribution in [-0.4, -0.2) is 5.71 Å². The van der Waals surface area contributed by atoms with E-state index in [2.05, 4.69) is 4.99 Å². The highest BCUT2D eigenvalue weighted by atomic mass is 19.2. The number of nitriles is 3. The molecule has 0 unspecified atom stereocenters. The van der Waals surface area contributed by atoms with Crippen molar-refractivity contribution in [1.82, 2.24) is 0 Å². The van der Waals surface area contributed by atoms with Gasteiger partial charge in [-0.3, -0.25) is 4.90 Å². The highest BCUT2D eigenvalue weighted by Gasteiger charge is 2.38. The van der Waals surface area contributed by atoms with Gasteiger partial charge >= 0.3 is 0 Å². The van der Waals surface area contributed by atoms with E-state index in [9.17, 15) is 43.9 Å². The molecule has 0 spiro atoms. The second kappa shape index (κ2) is 9.87. The minimum absolute atomic E-state index is 0.466. The van der Waals surface area contributed by atoms with Gasteiger partial charge in [-0.15, -0.1) is 0 Å². The second-order valence-electron chi connectivity index (χ2n) is 6.69. The van der Waals surface area contributed by atoms with Crippen LogP contribution in [0.15, 0.2) is 40.1 Å². The number of anilines is 2. The molecule has 0 aromatic heterocycles. The Bertz CT molecular complexity index is 1470. The summed E-state index contributed by atoms with van der Waals surface area (Å²) >= 11 is 0. The van der Waals surface area contributed by atoms with E-state index in [1.54, 1.807) is 0 Å². The molecular formula is C22H3F10N5. The summed E-state index contributed by atoms with van der Waals surface area (Å²) in [5.74, 6) is -27.2. The monoisotopic (exact) mass is 527 g/mol. The molecule has 15 heteroatoms. The van der Waals surface area contributed by atoms with Crippen molar-refractivity contribution in [2.75, 3.05) is 4.90 Å². The Balaban J connectivity index is 2.64. The van der Waals surface area contributed by atoms with E-state index in [1.807, 2.05) is 0 Å². The number of hydrogen-bond acceptors (Lipinski definition) is 5. The lowest BCUT2D eigenvalue weighted by Gasteiger charge is -2.30. The maximum Gasteiger partial charge on any atom is 0.206 e. The zero-order valence-electron chi connectivity index (χ0n) is 17.2. The van der Waals surface area contributed by atoms with Crippen LogP contribution in [0.1, 0.15) is 0 Å². The largest absolute Gasteiger partial charge is 0.297 e. The van der Waals surface area contributed by atoms with Gasteiger partial charge < -0.3 is 0 Å². The summed E-state index contributed by atoms with van der Waals surface area (Å²) in [6.07, 6.45) is 3.21. The molecule has 0 atom stereocenters. The maximum atomic E-state index is 14.8. The molecule has 0 heterocycles. The molecular weight excluding hydrogens is 524 g/mol. The summed E-state index contributed by atoms with van der Waals surface area (Å²) in [6, 6.07) is 2.74. The van der Waals surface area contributed by atoms with Crippen LogP contribution >= 0.6 is 0 Å². The normalized spacial score (nSPS) is 13.6. The summed E-state index contributed by atoms with van der Waals surface area (Å²) in [5, 5.41) is 27.1. The van der Waals surface area contributed by atoms with E-state index in [0.29, 0.717) is 12.2 Å². The molecule has 5 nitrogen and oxygen atoms in total.